The fourth-order valence-electron chi connectivity index (χ4n) is 1.48. The largest absolute Gasteiger partial charge is 0.481 e. The van der Waals surface area contributed by atoms with E-state index in [2.05, 4.69) is 9.97 Å². The van der Waals surface area contributed by atoms with E-state index in [4.69, 9.17) is 16.3 Å². The Kier molecular flexibility index (Phi) is 3.82. The molecule has 0 aliphatic carbocycles. The molecule has 0 unspecified atom stereocenters. The van der Waals surface area contributed by atoms with Gasteiger partial charge in [0.2, 0.25) is 11.8 Å². The van der Waals surface area contributed by atoms with E-state index in [9.17, 15) is 9.90 Å². The number of nitrogens with zero attached hydrogens (tertiary/aromatic N) is 3. The molecule has 19 heavy (non-hydrogen) atoms. The molecular formula is C12H10ClN3O3. The van der Waals surface area contributed by atoms with Crippen molar-refractivity contribution >= 4 is 29.3 Å². The molecule has 1 N–H and O–H groups in total. The van der Waals surface area contributed by atoms with Crippen LogP contribution in [-0.4, -0.2) is 28.3 Å². The highest BCUT2D eigenvalue weighted by Crippen LogP contribution is 2.25. The van der Waals surface area contributed by atoms with Gasteiger partial charge in [-0.2, -0.15) is 9.97 Å². The number of anilines is 2. The fraction of sp³-hybridized carbons (Fsp3) is 0.0833. The van der Waals surface area contributed by atoms with Gasteiger partial charge in [0.1, 0.15) is 5.15 Å². The van der Waals surface area contributed by atoms with Crippen molar-refractivity contribution in [2.75, 3.05) is 12.0 Å². The Labute approximate surface area is 114 Å². The summed E-state index contributed by atoms with van der Waals surface area (Å²) in [5, 5.41) is 9.40. The molecule has 98 valence electrons. The lowest BCUT2D eigenvalue weighted by atomic mass is 10.3. The van der Waals surface area contributed by atoms with Crippen LogP contribution in [0.5, 0.6) is 5.88 Å². The van der Waals surface area contributed by atoms with Crippen LogP contribution in [-0.2, 0) is 0 Å². The van der Waals surface area contributed by atoms with Gasteiger partial charge in [0.25, 0.3) is 0 Å². The molecule has 6 nitrogen and oxygen atoms in total. The second-order valence-electron chi connectivity index (χ2n) is 3.49. The summed E-state index contributed by atoms with van der Waals surface area (Å²) in [4.78, 5) is 20.2. The van der Waals surface area contributed by atoms with E-state index >= 15 is 0 Å². The van der Waals surface area contributed by atoms with E-state index in [1.807, 2.05) is 0 Å². The van der Waals surface area contributed by atoms with Gasteiger partial charge in [-0.05, 0) is 12.1 Å². The van der Waals surface area contributed by atoms with Gasteiger partial charge >= 0.3 is 6.09 Å². The highest BCUT2D eigenvalue weighted by molar-refractivity contribution is 6.29. The summed E-state index contributed by atoms with van der Waals surface area (Å²) in [6, 6.07) is 9.87. The maximum atomic E-state index is 11.4. The van der Waals surface area contributed by atoms with Gasteiger partial charge < -0.3 is 9.84 Å². The molecule has 0 aliphatic heterocycles. The van der Waals surface area contributed by atoms with Crippen LogP contribution in [0.1, 0.15) is 0 Å². The zero-order valence-electron chi connectivity index (χ0n) is 9.95. The van der Waals surface area contributed by atoms with Crippen molar-refractivity contribution in [1.82, 2.24) is 9.97 Å². The molecule has 1 aromatic heterocycles. The number of carboxylic acid groups (broad SMARTS) is 1. The average Bonchev–Trinajstić information content (AvgIpc) is 2.39. The molecule has 0 atom stereocenters. The third kappa shape index (κ3) is 2.92. The van der Waals surface area contributed by atoms with Gasteiger partial charge in [-0.1, -0.05) is 29.8 Å². The highest BCUT2D eigenvalue weighted by atomic mass is 35.5. The van der Waals surface area contributed by atoms with Crippen LogP contribution >= 0.6 is 11.6 Å². The van der Waals surface area contributed by atoms with Crippen LogP contribution in [0.3, 0.4) is 0 Å². The number of rotatable bonds is 3. The number of hydrogen-bond donors (Lipinski definition) is 1. The van der Waals surface area contributed by atoms with Crippen molar-refractivity contribution in [2.24, 2.45) is 0 Å². The lowest BCUT2D eigenvalue weighted by molar-refractivity contribution is 0.204. The molecule has 2 aromatic rings. The molecule has 0 radical (unpaired) electrons. The van der Waals surface area contributed by atoms with Gasteiger partial charge in [-0.25, -0.2) is 9.69 Å². The summed E-state index contributed by atoms with van der Waals surface area (Å²) >= 11 is 5.81. The maximum absolute atomic E-state index is 11.4. The third-order valence-electron chi connectivity index (χ3n) is 2.27. The molecule has 0 spiro atoms. The van der Waals surface area contributed by atoms with Crippen molar-refractivity contribution in [3.63, 3.8) is 0 Å². The first-order valence-corrected chi connectivity index (χ1v) is 5.66. The van der Waals surface area contributed by atoms with Crippen LogP contribution in [0, 0.1) is 0 Å². The number of halogens is 1. The zero-order valence-corrected chi connectivity index (χ0v) is 10.7. The first kappa shape index (κ1) is 13.1. The number of para-hydroxylation sites is 1. The Morgan fingerprint density at radius 2 is 2.00 bits per heavy atom. The first-order chi connectivity index (χ1) is 9.11. The van der Waals surface area contributed by atoms with E-state index in [0.717, 1.165) is 4.90 Å². The van der Waals surface area contributed by atoms with E-state index in [1.165, 1.54) is 13.2 Å². The second kappa shape index (κ2) is 5.53. The number of amides is 1. The second-order valence-corrected chi connectivity index (χ2v) is 3.87. The highest BCUT2D eigenvalue weighted by Gasteiger charge is 2.20. The predicted molar refractivity (Wildman–Crippen MR) is 70.2 cm³/mol. The Morgan fingerprint density at radius 3 is 2.58 bits per heavy atom. The summed E-state index contributed by atoms with van der Waals surface area (Å²) in [5.74, 6) is 0.125. The molecule has 0 bridgehead atoms. The van der Waals surface area contributed by atoms with Gasteiger partial charge in [0.15, 0.2) is 0 Å². The molecule has 1 amide bonds. The standard InChI is InChI=1S/C12H10ClN3O3/c1-19-10-7-9(13)14-11(15-10)16(12(17)18)8-5-3-2-4-6-8/h2-7H,1H3,(H,17,18). The predicted octanol–water partition coefficient (Wildman–Crippen LogP) is 2.95. The fourth-order valence-corrected chi connectivity index (χ4v) is 1.65. The molecule has 7 heteroatoms. The summed E-state index contributed by atoms with van der Waals surface area (Å²) in [6.07, 6.45) is -1.21. The quantitative estimate of drug-likeness (QED) is 0.874. The smallest absolute Gasteiger partial charge is 0.418 e. The van der Waals surface area contributed by atoms with Gasteiger partial charge in [0, 0.05) is 6.07 Å². The van der Waals surface area contributed by atoms with Crippen LogP contribution in [0.25, 0.3) is 0 Å². The minimum atomic E-state index is -1.21. The molecule has 1 heterocycles. The normalized spacial score (nSPS) is 10.0. The van der Waals surface area contributed by atoms with Crippen LogP contribution in [0.4, 0.5) is 16.4 Å². The van der Waals surface area contributed by atoms with Crippen LogP contribution in [0.2, 0.25) is 5.15 Å². The maximum Gasteiger partial charge on any atom is 0.418 e. The monoisotopic (exact) mass is 279 g/mol. The third-order valence-corrected chi connectivity index (χ3v) is 2.47. The van der Waals surface area contributed by atoms with Crippen molar-refractivity contribution in [3.8, 4) is 5.88 Å². The van der Waals surface area contributed by atoms with Crippen molar-refractivity contribution in [3.05, 3.63) is 41.6 Å². The lowest BCUT2D eigenvalue weighted by Crippen LogP contribution is -2.25. The lowest BCUT2D eigenvalue weighted by Gasteiger charge is -2.17. The number of hydrogen-bond acceptors (Lipinski definition) is 4. The van der Waals surface area contributed by atoms with Crippen LogP contribution < -0.4 is 9.64 Å². The van der Waals surface area contributed by atoms with Crippen molar-refractivity contribution in [2.45, 2.75) is 0 Å². The molecule has 2 rings (SSSR count). The Balaban J connectivity index is 2.51. The van der Waals surface area contributed by atoms with E-state index < -0.39 is 6.09 Å². The zero-order chi connectivity index (χ0) is 13.8. The Hall–Kier alpha value is -2.34. The van der Waals surface area contributed by atoms with Crippen molar-refractivity contribution < 1.29 is 14.6 Å². The number of aromatic nitrogens is 2. The topological polar surface area (TPSA) is 75.5 Å². The minimum Gasteiger partial charge on any atom is -0.481 e. The van der Waals surface area contributed by atoms with Crippen LogP contribution in [0.15, 0.2) is 36.4 Å². The van der Waals surface area contributed by atoms with Crippen molar-refractivity contribution in [1.29, 1.82) is 0 Å². The van der Waals surface area contributed by atoms with Gasteiger partial charge in [-0.15, -0.1) is 0 Å². The van der Waals surface area contributed by atoms with E-state index in [1.54, 1.807) is 30.3 Å². The molecule has 0 saturated carbocycles. The SMILES string of the molecule is COc1cc(Cl)nc(N(C(=O)O)c2ccccc2)n1. The molecule has 0 aliphatic rings. The summed E-state index contributed by atoms with van der Waals surface area (Å²) in [6.45, 7) is 0. The summed E-state index contributed by atoms with van der Waals surface area (Å²) in [5.41, 5.74) is 0.416. The molecule has 0 saturated heterocycles. The number of carbonyl (C=O) groups is 1. The number of ether oxygens (including phenoxy) is 1. The van der Waals surface area contributed by atoms with E-state index in [-0.39, 0.29) is 17.0 Å². The Morgan fingerprint density at radius 1 is 1.32 bits per heavy atom. The molecular weight excluding hydrogens is 270 g/mol. The van der Waals surface area contributed by atoms with Gasteiger partial charge in [0.05, 0.1) is 12.8 Å². The molecule has 0 fully saturated rings. The average molecular weight is 280 g/mol. The van der Waals surface area contributed by atoms with E-state index in [0.29, 0.717) is 5.69 Å². The first-order valence-electron chi connectivity index (χ1n) is 5.28. The number of methoxy groups -OCH3 is 1. The Bertz CT molecular complexity index is 592. The number of benzene rings is 1. The van der Waals surface area contributed by atoms with Gasteiger partial charge in [-0.3, -0.25) is 0 Å². The molecule has 1 aromatic carbocycles. The summed E-state index contributed by atoms with van der Waals surface area (Å²) < 4.78 is 4.95. The minimum absolute atomic E-state index is 0.0666. The summed E-state index contributed by atoms with van der Waals surface area (Å²) in [7, 11) is 1.41.